The van der Waals surface area contributed by atoms with Gasteiger partial charge in [-0.3, -0.25) is 9.20 Å². The van der Waals surface area contributed by atoms with Gasteiger partial charge in [0.25, 0.3) is 0 Å². The Hall–Kier alpha value is -4.30. The van der Waals surface area contributed by atoms with Crippen LogP contribution in [0.1, 0.15) is 30.1 Å². The minimum atomic E-state index is 0.0204. The highest BCUT2D eigenvalue weighted by Crippen LogP contribution is 2.39. The molecule has 5 aromatic rings. The summed E-state index contributed by atoms with van der Waals surface area (Å²) in [5.41, 5.74) is 11.2. The van der Waals surface area contributed by atoms with Crippen molar-refractivity contribution in [1.82, 2.24) is 29.2 Å². The first kappa shape index (κ1) is 25.0. The number of piperidine rings is 1. The number of carbonyl (C=O) groups is 1. The lowest BCUT2D eigenvalue weighted by molar-refractivity contribution is -0.133. The van der Waals surface area contributed by atoms with Crippen LogP contribution in [0.15, 0.2) is 79.3 Å². The first-order chi connectivity index (χ1) is 19.0. The van der Waals surface area contributed by atoms with E-state index in [0.29, 0.717) is 18.3 Å². The first-order valence-corrected chi connectivity index (χ1v) is 13.4. The van der Waals surface area contributed by atoms with Gasteiger partial charge in [0.05, 0.1) is 24.0 Å². The van der Waals surface area contributed by atoms with Gasteiger partial charge in [-0.1, -0.05) is 48.5 Å². The summed E-state index contributed by atoms with van der Waals surface area (Å²) in [4.78, 5) is 30.8. The van der Waals surface area contributed by atoms with E-state index < -0.39 is 0 Å². The zero-order chi connectivity index (χ0) is 26.9. The molecule has 1 unspecified atom stereocenters. The van der Waals surface area contributed by atoms with Crippen molar-refractivity contribution in [2.24, 2.45) is 5.92 Å². The van der Waals surface area contributed by atoms with Crippen LogP contribution in [-0.2, 0) is 4.79 Å². The second-order valence-corrected chi connectivity index (χ2v) is 10.6. The number of rotatable bonds is 6. The van der Waals surface area contributed by atoms with Gasteiger partial charge >= 0.3 is 0 Å². The average Bonchev–Trinajstić information content (AvgIpc) is 3.38. The molecule has 1 atom stereocenters. The Balaban J connectivity index is 1.40. The Labute approximate surface area is 228 Å². The number of benzene rings is 2. The standard InChI is InChI=1S/C31H33N7O/c1-36(2)20-28(39)37-15-12-23(13-16-37)29(31-34-19-27-30(32)33-14-17-38(27)31)24-9-8-22-10-11-25(35-26(22)18-24)21-6-4-3-5-7-21/h3-11,14,17-19,23,29H,12-13,15-16,20H2,1-2H3,(H2,32,33). The summed E-state index contributed by atoms with van der Waals surface area (Å²) >= 11 is 0. The van der Waals surface area contributed by atoms with Crippen molar-refractivity contribution >= 4 is 28.1 Å². The van der Waals surface area contributed by atoms with E-state index in [1.807, 2.05) is 54.5 Å². The lowest BCUT2D eigenvalue weighted by atomic mass is 9.79. The predicted octanol–water partition coefficient (Wildman–Crippen LogP) is 4.46. The van der Waals surface area contributed by atoms with Crippen molar-refractivity contribution < 1.29 is 4.79 Å². The molecule has 39 heavy (non-hydrogen) atoms. The lowest BCUT2D eigenvalue weighted by Gasteiger charge is -2.36. The second-order valence-electron chi connectivity index (χ2n) is 10.6. The zero-order valence-corrected chi connectivity index (χ0v) is 22.4. The van der Waals surface area contributed by atoms with Crippen LogP contribution in [0.25, 0.3) is 27.7 Å². The van der Waals surface area contributed by atoms with Gasteiger partial charge in [0.2, 0.25) is 5.91 Å². The van der Waals surface area contributed by atoms with Crippen LogP contribution in [0.4, 0.5) is 5.82 Å². The minimum Gasteiger partial charge on any atom is -0.382 e. The highest BCUT2D eigenvalue weighted by atomic mass is 16.2. The summed E-state index contributed by atoms with van der Waals surface area (Å²) in [5.74, 6) is 1.92. The number of anilines is 1. The van der Waals surface area contributed by atoms with Crippen LogP contribution < -0.4 is 5.73 Å². The first-order valence-electron chi connectivity index (χ1n) is 13.4. The average molecular weight is 520 g/mol. The monoisotopic (exact) mass is 519 g/mol. The van der Waals surface area contributed by atoms with Crippen LogP contribution in [0.5, 0.6) is 0 Å². The number of likely N-dealkylation sites (tertiary alicyclic amines) is 1. The topological polar surface area (TPSA) is 92.7 Å². The number of aromatic nitrogens is 4. The molecule has 1 aliphatic heterocycles. The van der Waals surface area contributed by atoms with E-state index in [4.69, 9.17) is 15.7 Å². The van der Waals surface area contributed by atoms with Gasteiger partial charge in [0.1, 0.15) is 17.2 Å². The molecule has 1 amide bonds. The number of carbonyl (C=O) groups excluding carboxylic acids is 1. The molecule has 8 heteroatoms. The molecule has 1 fully saturated rings. The molecule has 0 saturated carbocycles. The molecule has 0 aliphatic carbocycles. The quantitative estimate of drug-likeness (QED) is 0.356. The predicted molar refractivity (Wildman–Crippen MR) is 154 cm³/mol. The van der Waals surface area contributed by atoms with Gasteiger partial charge in [0, 0.05) is 42.4 Å². The van der Waals surface area contributed by atoms with Crippen molar-refractivity contribution in [3.8, 4) is 11.3 Å². The number of likely N-dealkylation sites (N-methyl/N-ethyl adjacent to an activating group) is 1. The van der Waals surface area contributed by atoms with Gasteiger partial charge in [-0.25, -0.2) is 15.0 Å². The van der Waals surface area contributed by atoms with Crippen LogP contribution >= 0.6 is 0 Å². The Morgan fingerprint density at radius 2 is 1.82 bits per heavy atom. The largest absolute Gasteiger partial charge is 0.382 e. The molecular formula is C31H33N7O. The van der Waals surface area contributed by atoms with Gasteiger partial charge in [0.15, 0.2) is 0 Å². The third-order valence-corrected chi connectivity index (χ3v) is 7.76. The van der Waals surface area contributed by atoms with Crippen LogP contribution in [0, 0.1) is 5.92 Å². The number of hydrogen-bond donors (Lipinski definition) is 1. The Bertz CT molecular complexity index is 1620. The number of amides is 1. The fraction of sp³-hybridized carbons (Fsp3) is 0.290. The van der Waals surface area contributed by atoms with Crippen molar-refractivity contribution in [2.45, 2.75) is 18.8 Å². The summed E-state index contributed by atoms with van der Waals surface area (Å²) in [7, 11) is 3.86. The summed E-state index contributed by atoms with van der Waals surface area (Å²) in [6, 6.07) is 21.0. The Morgan fingerprint density at radius 3 is 2.59 bits per heavy atom. The molecule has 198 valence electrons. The summed E-state index contributed by atoms with van der Waals surface area (Å²) in [6.07, 6.45) is 7.27. The lowest BCUT2D eigenvalue weighted by Crippen LogP contribution is -2.43. The number of nitrogens with two attached hydrogens (primary N) is 1. The van der Waals surface area contributed by atoms with Gasteiger partial charge < -0.3 is 15.5 Å². The fourth-order valence-electron chi connectivity index (χ4n) is 5.78. The molecule has 6 rings (SSSR count). The smallest absolute Gasteiger partial charge is 0.236 e. The van der Waals surface area contributed by atoms with Crippen LogP contribution in [0.2, 0.25) is 0 Å². The van der Waals surface area contributed by atoms with Gasteiger partial charge in [-0.15, -0.1) is 0 Å². The van der Waals surface area contributed by atoms with Gasteiger partial charge in [-0.2, -0.15) is 0 Å². The third kappa shape index (κ3) is 4.95. The summed E-state index contributed by atoms with van der Waals surface area (Å²) in [5, 5.41) is 1.10. The second kappa shape index (κ2) is 10.5. The van der Waals surface area contributed by atoms with Crippen LogP contribution in [-0.4, -0.2) is 68.8 Å². The molecule has 2 N–H and O–H groups in total. The Kier molecular flexibility index (Phi) is 6.70. The third-order valence-electron chi connectivity index (χ3n) is 7.76. The van der Waals surface area contributed by atoms with Crippen molar-refractivity contribution in [1.29, 1.82) is 0 Å². The minimum absolute atomic E-state index is 0.0204. The van der Waals surface area contributed by atoms with E-state index in [2.05, 4.69) is 51.8 Å². The van der Waals surface area contributed by atoms with Gasteiger partial charge in [-0.05, 0) is 50.6 Å². The normalized spacial score (nSPS) is 15.3. The molecular weight excluding hydrogens is 486 g/mol. The van der Waals surface area contributed by atoms with E-state index in [1.54, 1.807) is 6.20 Å². The van der Waals surface area contributed by atoms with Crippen molar-refractivity contribution in [2.75, 3.05) is 39.5 Å². The van der Waals surface area contributed by atoms with Crippen molar-refractivity contribution in [3.05, 3.63) is 90.6 Å². The molecule has 1 aliphatic rings. The number of fused-ring (bicyclic) bond motifs is 2. The van der Waals surface area contributed by atoms with E-state index >= 15 is 0 Å². The zero-order valence-electron chi connectivity index (χ0n) is 22.4. The fourth-order valence-corrected chi connectivity index (χ4v) is 5.78. The molecule has 0 bridgehead atoms. The summed E-state index contributed by atoms with van der Waals surface area (Å²) in [6.45, 7) is 1.92. The van der Waals surface area contributed by atoms with E-state index in [1.165, 1.54) is 5.56 Å². The molecule has 1 saturated heterocycles. The number of nitrogens with zero attached hydrogens (tertiary/aromatic N) is 6. The van der Waals surface area contributed by atoms with E-state index in [0.717, 1.165) is 59.4 Å². The molecule has 4 heterocycles. The number of imidazole rings is 1. The highest BCUT2D eigenvalue weighted by Gasteiger charge is 2.33. The van der Waals surface area contributed by atoms with Crippen LogP contribution in [0.3, 0.4) is 0 Å². The summed E-state index contributed by atoms with van der Waals surface area (Å²) < 4.78 is 2.06. The molecule has 3 aromatic heterocycles. The number of nitrogen functional groups attached to an aromatic ring is 1. The molecule has 0 radical (unpaired) electrons. The maximum atomic E-state index is 12.7. The highest BCUT2D eigenvalue weighted by molar-refractivity contribution is 5.82. The molecule has 8 nitrogen and oxygen atoms in total. The molecule has 0 spiro atoms. The van der Waals surface area contributed by atoms with Crippen molar-refractivity contribution in [3.63, 3.8) is 0 Å². The SMILES string of the molecule is CN(C)CC(=O)N1CCC(C(c2ccc3ccc(-c4ccccc4)nc3c2)c2ncc3c(N)nccn23)CC1. The molecule has 2 aromatic carbocycles. The maximum absolute atomic E-state index is 12.7. The maximum Gasteiger partial charge on any atom is 0.236 e. The number of hydrogen-bond acceptors (Lipinski definition) is 6. The number of pyridine rings is 1. The van der Waals surface area contributed by atoms with E-state index in [-0.39, 0.29) is 11.8 Å². The van der Waals surface area contributed by atoms with E-state index in [9.17, 15) is 4.79 Å². The Morgan fingerprint density at radius 1 is 1.05 bits per heavy atom.